The SMILES string of the molecule is CC(/C=C(/C)Nc1ccccc1)=Nc1ccccc1CCCC(C)C(=O)C(=O)C(C)(C)C. The lowest BCUT2D eigenvalue weighted by Crippen LogP contribution is -2.32. The van der Waals surface area contributed by atoms with Gasteiger partial charge in [0, 0.05) is 28.4 Å². The number of allylic oxidation sites excluding steroid dienone is 2. The molecule has 170 valence electrons. The molecule has 0 bridgehead atoms. The van der Waals surface area contributed by atoms with Crippen LogP contribution in [0.15, 0.2) is 71.4 Å². The van der Waals surface area contributed by atoms with Crippen molar-refractivity contribution in [1.82, 2.24) is 0 Å². The predicted octanol–water partition coefficient (Wildman–Crippen LogP) is 6.94. The highest BCUT2D eigenvalue weighted by atomic mass is 16.2. The molecular weight excluding hydrogens is 396 g/mol. The number of rotatable bonds is 10. The molecule has 2 aromatic carbocycles. The van der Waals surface area contributed by atoms with E-state index in [1.807, 2.05) is 75.4 Å². The number of Topliss-reactive ketones (excluding diaryl/α,β-unsaturated/α-hetero) is 2. The third kappa shape index (κ3) is 7.92. The van der Waals surface area contributed by atoms with Gasteiger partial charge in [0.15, 0.2) is 0 Å². The fraction of sp³-hybridized carbons (Fsp3) is 0.393. The number of nitrogens with zero attached hydrogens (tertiary/aromatic N) is 1. The first kappa shape index (κ1) is 25.3. The summed E-state index contributed by atoms with van der Waals surface area (Å²) in [4.78, 5) is 29.4. The molecule has 0 aliphatic heterocycles. The van der Waals surface area contributed by atoms with Crippen LogP contribution >= 0.6 is 0 Å². The fourth-order valence-corrected chi connectivity index (χ4v) is 3.48. The van der Waals surface area contributed by atoms with Gasteiger partial charge in [-0.2, -0.15) is 0 Å². The molecule has 0 fully saturated rings. The quantitative estimate of drug-likeness (QED) is 0.327. The van der Waals surface area contributed by atoms with Gasteiger partial charge in [0.1, 0.15) is 0 Å². The zero-order valence-electron chi connectivity index (χ0n) is 20.2. The van der Waals surface area contributed by atoms with E-state index in [4.69, 9.17) is 4.99 Å². The number of benzene rings is 2. The van der Waals surface area contributed by atoms with Gasteiger partial charge in [0.25, 0.3) is 0 Å². The molecule has 2 aromatic rings. The summed E-state index contributed by atoms with van der Waals surface area (Å²) < 4.78 is 0. The zero-order valence-corrected chi connectivity index (χ0v) is 20.2. The molecular formula is C28H36N2O2. The highest BCUT2D eigenvalue weighted by molar-refractivity contribution is 6.39. The number of anilines is 1. The fourth-order valence-electron chi connectivity index (χ4n) is 3.48. The summed E-state index contributed by atoms with van der Waals surface area (Å²) in [5, 5.41) is 3.37. The van der Waals surface area contributed by atoms with Crippen molar-refractivity contribution in [2.24, 2.45) is 16.3 Å². The van der Waals surface area contributed by atoms with Gasteiger partial charge in [-0.1, -0.05) is 64.1 Å². The molecule has 1 unspecified atom stereocenters. The minimum atomic E-state index is -0.620. The Kier molecular flexibility index (Phi) is 9.13. The van der Waals surface area contributed by atoms with Gasteiger partial charge in [-0.25, -0.2) is 0 Å². The molecule has 0 aromatic heterocycles. The van der Waals surface area contributed by atoms with Crippen molar-refractivity contribution in [3.63, 3.8) is 0 Å². The van der Waals surface area contributed by atoms with Gasteiger partial charge >= 0.3 is 0 Å². The minimum Gasteiger partial charge on any atom is -0.359 e. The molecule has 0 aliphatic rings. The molecule has 1 N–H and O–H groups in total. The van der Waals surface area contributed by atoms with Crippen molar-refractivity contribution >= 4 is 28.7 Å². The van der Waals surface area contributed by atoms with Crippen LogP contribution in [0.4, 0.5) is 11.4 Å². The Morgan fingerprint density at radius 1 is 1.00 bits per heavy atom. The van der Waals surface area contributed by atoms with Crippen molar-refractivity contribution in [3.05, 3.63) is 71.9 Å². The summed E-state index contributed by atoms with van der Waals surface area (Å²) in [5.74, 6) is -0.795. The molecule has 4 nitrogen and oxygen atoms in total. The number of aryl methyl sites for hydroxylation is 1. The number of nitrogens with one attached hydrogen (secondary N) is 1. The van der Waals surface area contributed by atoms with Gasteiger partial charge in [0.2, 0.25) is 11.6 Å². The van der Waals surface area contributed by atoms with Crippen LogP contribution < -0.4 is 5.32 Å². The lowest BCUT2D eigenvalue weighted by Gasteiger charge is -2.18. The van der Waals surface area contributed by atoms with Crippen molar-refractivity contribution in [2.45, 2.75) is 60.8 Å². The van der Waals surface area contributed by atoms with Gasteiger partial charge in [-0.15, -0.1) is 0 Å². The van der Waals surface area contributed by atoms with Gasteiger partial charge in [-0.3, -0.25) is 14.6 Å². The number of aliphatic imine (C=N–C) groups is 1. The lowest BCUT2D eigenvalue weighted by molar-refractivity contribution is -0.143. The van der Waals surface area contributed by atoms with E-state index in [2.05, 4.69) is 11.4 Å². The Balaban J connectivity index is 2.00. The molecule has 4 heteroatoms. The molecule has 2 rings (SSSR count). The number of hydrogen-bond acceptors (Lipinski definition) is 4. The maximum Gasteiger partial charge on any atom is 0.203 e. The molecule has 0 saturated carbocycles. The third-order valence-corrected chi connectivity index (χ3v) is 5.26. The van der Waals surface area contributed by atoms with Gasteiger partial charge < -0.3 is 5.32 Å². The Hall–Kier alpha value is -3.01. The number of carbonyl (C=O) groups is 2. The first-order valence-corrected chi connectivity index (χ1v) is 11.3. The smallest absolute Gasteiger partial charge is 0.203 e. The second-order valence-corrected chi connectivity index (χ2v) is 9.44. The highest BCUT2D eigenvalue weighted by Crippen LogP contribution is 2.24. The molecule has 32 heavy (non-hydrogen) atoms. The van der Waals surface area contributed by atoms with E-state index in [1.165, 1.54) is 0 Å². The van der Waals surface area contributed by atoms with Crippen molar-refractivity contribution in [2.75, 3.05) is 5.32 Å². The summed E-state index contributed by atoms with van der Waals surface area (Å²) >= 11 is 0. The number of para-hydroxylation sites is 2. The molecule has 1 atom stereocenters. The van der Waals surface area contributed by atoms with Crippen LogP contribution in [0.3, 0.4) is 0 Å². The summed E-state index contributed by atoms with van der Waals surface area (Å²) in [5.41, 5.74) is 4.45. The van der Waals surface area contributed by atoms with Crippen LogP contribution in [-0.4, -0.2) is 17.3 Å². The Bertz CT molecular complexity index is 982. The minimum absolute atomic E-state index is 0.256. The lowest BCUT2D eigenvalue weighted by atomic mass is 9.83. The maximum atomic E-state index is 12.4. The average Bonchev–Trinajstić information content (AvgIpc) is 2.73. The van der Waals surface area contributed by atoms with Crippen LogP contribution in [0, 0.1) is 11.3 Å². The summed E-state index contributed by atoms with van der Waals surface area (Å²) in [7, 11) is 0. The van der Waals surface area contributed by atoms with E-state index in [0.717, 1.165) is 41.2 Å². The van der Waals surface area contributed by atoms with Crippen molar-refractivity contribution in [1.29, 1.82) is 0 Å². The Labute approximate surface area is 192 Å². The molecule has 0 saturated heterocycles. The molecule has 0 amide bonds. The largest absolute Gasteiger partial charge is 0.359 e. The molecule has 0 aliphatic carbocycles. The van der Waals surface area contributed by atoms with E-state index in [-0.39, 0.29) is 17.5 Å². The van der Waals surface area contributed by atoms with Crippen molar-refractivity contribution < 1.29 is 9.59 Å². The maximum absolute atomic E-state index is 12.4. The monoisotopic (exact) mass is 432 g/mol. The standard InChI is InChI=1S/C28H36N2O2/c1-20(26(31)27(32)28(4,5)6)13-12-15-23-14-10-11-18-25(23)30-22(3)19-21(2)29-24-16-8-7-9-17-24/h7-11,14,16-20,29H,12-13,15H2,1-6H3/b21-19-,30-22?. The first-order chi connectivity index (χ1) is 15.1. The van der Waals surface area contributed by atoms with Crippen LogP contribution in [0.2, 0.25) is 0 Å². The topological polar surface area (TPSA) is 58.5 Å². The average molecular weight is 433 g/mol. The van der Waals surface area contributed by atoms with Crippen LogP contribution in [-0.2, 0) is 16.0 Å². The third-order valence-electron chi connectivity index (χ3n) is 5.26. The van der Waals surface area contributed by atoms with Crippen LogP contribution in [0.25, 0.3) is 0 Å². The second kappa shape index (κ2) is 11.6. The van der Waals surface area contributed by atoms with E-state index >= 15 is 0 Å². The second-order valence-electron chi connectivity index (χ2n) is 9.44. The highest BCUT2D eigenvalue weighted by Gasteiger charge is 2.30. The Morgan fingerprint density at radius 2 is 1.62 bits per heavy atom. The van der Waals surface area contributed by atoms with E-state index in [9.17, 15) is 9.59 Å². The summed E-state index contributed by atoms with van der Waals surface area (Å²) in [6, 6.07) is 18.2. The van der Waals surface area contributed by atoms with E-state index < -0.39 is 5.41 Å². The van der Waals surface area contributed by atoms with Gasteiger partial charge in [0.05, 0.1) is 5.69 Å². The first-order valence-electron chi connectivity index (χ1n) is 11.3. The summed E-state index contributed by atoms with van der Waals surface area (Å²) in [6.45, 7) is 11.3. The predicted molar refractivity (Wildman–Crippen MR) is 135 cm³/mol. The van der Waals surface area contributed by atoms with E-state index in [0.29, 0.717) is 6.42 Å². The van der Waals surface area contributed by atoms with Gasteiger partial charge in [-0.05, 0) is 62.9 Å². The summed E-state index contributed by atoms with van der Waals surface area (Å²) in [6.07, 6.45) is 4.37. The molecule has 0 spiro atoms. The van der Waals surface area contributed by atoms with Crippen LogP contribution in [0.1, 0.15) is 59.9 Å². The van der Waals surface area contributed by atoms with E-state index in [1.54, 1.807) is 20.8 Å². The molecule has 0 heterocycles. The normalized spacial score (nSPS) is 13.6. The Morgan fingerprint density at radius 3 is 2.28 bits per heavy atom. The number of ketones is 2. The zero-order chi connectivity index (χ0) is 23.7. The van der Waals surface area contributed by atoms with Crippen LogP contribution in [0.5, 0.6) is 0 Å². The molecule has 0 radical (unpaired) electrons. The van der Waals surface area contributed by atoms with Crippen molar-refractivity contribution in [3.8, 4) is 0 Å². The number of carbonyl (C=O) groups excluding carboxylic acids is 2. The number of hydrogen-bond donors (Lipinski definition) is 1.